The first-order valence-corrected chi connectivity index (χ1v) is 8.19. The van der Waals surface area contributed by atoms with E-state index >= 15 is 0 Å². The zero-order valence-corrected chi connectivity index (χ0v) is 13.3. The summed E-state index contributed by atoms with van der Waals surface area (Å²) in [6.07, 6.45) is 2.77. The molecule has 1 saturated carbocycles. The number of halogens is 1. The summed E-state index contributed by atoms with van der Waals surface area (Å²) in [7, 11) is 0. The molecule has 6 atom stereocenters. The van der Waals surface area contributed by atoms with Crippen molar-refractivity contribution in [2.75, 3.05) is 0 Å². The molecule has 3 N–H and O–H groups in total. The number of aliphatic hydroxyl groups is 3. The van der Waals surface area contributed by atoms with Crippen molar-refractivity contribution in [1.82, 2.24) is 0 Å². The minimum absolute atomic E-state index is 0.0340. The van der Waals surface area contributed by atoms with Gasteiger partial charge < -0.3 is 24.8 Å². The number of aliphatic hydroxyl groups excluding tert-OH is 3. The number of fused-ring (bicyclic) bond motifs is 1. The fourth-order valence-corrected chi connectivity index (χ4v) is 3.71. The molecule has 1 heterocycles. The predicted molar refractivity (Wildman–Crippen MR) is 84.9 cm³/mol. The molecular formula is C17H21ClO5. The first kappa shape index (κ1) is 16.7. The van der Waals surface area contributed by atoms with Crippen molar-refractivity contribution in [3.63, 3.8) is 0 Å². The van der Waals surface area contributed by atoms with E-state index in [4.69, 9.17) is 21.1 Å². The fourth-order valence-electron chi connectivity index (χ4n) is 3.52. The largest absolute Gasteiger partial charge is 0.461 e. The van der Waals surface area contributed by atoms with Crippen LogP contribution in [0.2, 0.25) is 5.02 Å². The van der Waals surface area contributed by atoms with Gasteiger partial charge >= 0.3 is 0 Å². The topological polar surface area (TPSA) is 79.2 Å². The van der Waals surface area contributed by atoms with E-state index < -0.39 is 18.7 Å². The zero-order valence-electron chi connectivity index (χ0n) is 12.6. The molecule has 0 amide bonds. The van der Waals surface area contributed by atoms with Gasteiger partial charge in [0.25, 0.3) is 0 Å². The molecule has 1 aliphatic carbocycles. The maximum absolute atomic E-state index is 10.1. The van der Waals surface area contributed by atoms with Gasteiger partial charge in [-0.25, -0.2) is 0 Å². The monoisotopic (exact) mass is 340 g/mol. The van der Waals surface area contributed by atoms with Crippen LogP contribution in [-0.2, 0) is 4.74 Å². The first-order valence-electron chi connectivity index (χ1n) is 7.81. The summed E-state index contributed by atoms with van der Waals surface area (Å²) in [6.45, 7) is 0. The molecule has 1 aromatic carbocycles. The van der Waals surface area contributed by atoms with Crippen LogP contribution < -0.4 is 4.74 Å². The van der Waals surface area contributed by atoms with Crippen molar-refractivity contribution in [2.45, 2.75) is 44.1 Å². The van der Waals surface area contributed by atoms with Gasteiger partial charge in [-0.2, -0.15) is 0 Å². The molecule has 23 heavy (non-hydrogen) atoms. The average Bonchev–Trinajstić information content (AvgIpc) is 2.95. The minimum atomic E-state index is -1.08. The van der Waals surface area contributed by atoms with Crippen LogP contribution in [-0.4, -0.2) is 40.1 Å². The average molecular weight is 341 g/mol. The van der Waals surface area contributed by atoms with Gasteiger partial charge in [-0.05, 0) is 42.5 Å². The molecule has 5 nitrogen and oxygen atoms in total. The zero-order chi connectivity index (χ0) is 16.4. The third-order valence-corrected chi connectivity index (χ3v) is 4.80. The van der Waals surface area contributed by atoms with E-state index in [1.807, 2.05) is 0 Å². The maximum Gasteiger partial charge on any atom is 0.217 e. The van der Waals surface area contributed by atoms with Gasteiger partial charge in [-0.15, -0.1) is 0 Å². The summed E-state index contributed by atoms with van der Waals surface area (Å²) in [5.74, 6) is 0.686. The molecule has 126 valence electrons. The van der Waals surface area contributed by atoms with Crippen molar-refractivity contribution in [3.8, 4) is 5.75 Å². The Morgan fingerprint density at radius 1 is 1.35 bits per heavy atom. The fraction of sp³-hybridized carbons (Fsp3) is 0.529. The van der Waals surface area contributed by atoms with E-state index in [1.165, 1.54) is 0 Å². The van der Waals surface area contributed by atoms with E-state index in [9.17, 15) is 15.3 Å². The van der Waals surface area contributed by atoms with Crippen LogP contribution in [0.5, 0.6) is 5.75 Å². The Morgan fingerprint density at radius 2 is 2.17 bits per heavy atom. The van der Waals surface area contributed by atoms with Gasteiger partial charge in [-0.3, -0.25) is 0 Å². The lowest BCUT2D eigenvalue weighted by Crippen LogP contribution is -2.20. The van der Waals surface area contributed by atoms with E-state index in [2.05, 4.69) is 0 Å². The van der Waals surface area contributed by atoms with Crippen LogP contribution in [0.1, 0.15) is 19.3 Å². The first-order chi connectivity index (χ1) is 11.0. The van der Waals surface area contributed by atoms with Gasteiger partial charge in [-0.1, -0.05) is 23.7 Å². The van der Waals surface area contributed by atoms with Crippen LogP contribution in [0.3, 0.4) is 0 Å². The highest BCUT2D eigenvalue weighted by Crippen LogP contribution is 2.44. The molecule has 6 unspecified atom stereocenters. The highest BCUT2D eigenvalue weighted by Gasteiger charge is 2.48. The van der Waals surface area contributed by atoms with E-state index in [0.29, 0.717) is 30.0 Å². The van der Waals surface area contributed by atoms with Crippen LogP contribution in [0.4, 0.5) is 0 Å². The minimum Gasteiger partial charge on any atom is -0.461 e. The predicted octanol–water partition coefficient (Wildman–Crippen LogP) is 2.09. The number of allylic oxidation sites excluding steroid dienone is 1. The summed E-state index contributed by atoms with van der Waals surface area (Å²) in [4.78, 5) is 0. The van der Waals surface area contributed by atoms with Gasteiger partial charge in [0.2, 0.25) is 6.29 Å². The second kappa shape index (κ2) is 7.20. The van der Waals surface area contributed by atoms with Crippen LogP contribution in [0, 0.1) is 11.8 Å². The van der Waals surface area contributed by atoms with Crippen molar-refractivity contribution in [3.05, 3.63) is 41.4 Å². The quantitative estimate of drug-likeness (QED) is 0.565. The summed E-state index contributed by atoms with van der Waals surface area (Å²) < 4.78 is 10.7. The Bertz CT molecular complexity index is 564. The molecule has 1 aromatic rings. The van der Waals surface area contributed by atoms with Crippen molar-refractivity contribution < 1.29 is 24.8 Å². The van der Waals surface area contributed by atoms with Crippen LogP contribution >= 0.6 is 11.6 Å². The summed E-state index contributed by atoms with van der Waals surface area (Å²) in [5.41, 5.74) is 0. The maximum atomic E-state index is 10.1. The second-order valence-corrected chi connectivity index (χ2v) is 6.56. The molecule has 3 rings (SSSR count). The molecule has 1 saturated heterocycles. The van der Waals surface area contributed by atoms with E-state index in [0.717, 1.165) is 0 Å². The highest BCUT2D eigenvalue weighted by atomic mass is 35.5. The lowest BCUT2D eigenvalue weighted by molar-refractivity contribution is -0.0951. The Balaban J connectivity index is 1.52. The molecule has 2 fully saturated rings. The molecule has 2 aliphatic rings. The third kappa shape index (κ3) is 4.05. The molecular weight excluding hydrogens is 320 g/mol. The molecule has 0 bridgehead atoms. The smallest absolute Gasteiger partial charge is 0.217 e. The van der Waals surface area contributed by atoms with Crippen molar-refractivity contribution in [2.24, 2.45) is 11.8 Å². The summed E-state index contributed by atoms with van der Waals surface area (Å²) in [6, 6.07) is 6.81. The number of benzene rings is 1. The highest BCUT2D eigenvalue weighted by molar-refractivity contribution is 6.30. The number of hydrogen-bond acceptors (Lipinski definition) is 5. The van der Waals surface area contributed by atoms with Gasteiger partial charge in [0, 0.05) is 17.9 Å². The van der Waals surface area contributed by atoms with E-state index in [-0.39, 0.29) is 17.9 Å². The normalized spacial score (nSPS) is 34.7. The standard InChI is InChI=1S/C17H21ClO5/c18-10-3-1-4-11(7-10)22-16(20)6-2-5-12-13-8-17(21)23-15(13)9-14(12)19/h1-4,6-7,12-17,19-21H,5,8-9H2. The summed E-state index contributed by atoms with van der Waals surface area (Å²) in [5, 5.41) is 30.1. The second-order valence-electron chi connectivity index (χ2n) is 6.13. The van der Waals surface area contributed by atoms with Crippen LogP contribution in [0.15, 0.2) is 36.4 Å². The number of hydrogen-bond donors (Lipinski definition) is 3. The Morgan fingerprint density at radius 3 is 2.96 bits per heavy atom. The number of rotatable bonds is 5. The Hall–Kier alpha value is -1.11. The Labute approximate surface area is 140 Å². The van der Waals surface area contributed by atoms with Gasteiger partial charge in [0.1, 0.15) is 5.75 Å². The lowest BCUT2D eigenvalue weighted by atomic mass is 9.89. The lowest BCUT2D eigenvalue weighted by Gasteiger charge is -2.18. The SMILES string of the molecule is OC(C=CCC1C(O)CC2OC(O)CC21)Oc1cccc(Cl)c1. The van der Waals surface area contributed by atoms with Crippen LogP contribution in [0.25, 0.3) is 0 Å². The van der Waals surface area contributed by atoms with E-state index in [1.54, 1.807) is 36.4 Å². The van der Waals surface area contributed by atoms with Crippen molar-refractivity contribution >= 4 is 11.6 Å². The molecule has 0 spiro atoms. The van der Waals surface area contributed by atoms with Crippen molar-refractivity contribution in [1.29, 1.82) is 0 Å². The molecule has 1 aliphatic heterocycles. The Kier molecular flexibility index (Phi) is 5.24. The number of ether oxygens (including phenoxy) is 2. The summed E-state index contributed by atoms with van der Waals surface area (Å²) >= 11 is 5.86. The third-order valence-electron chi connectivity index (χ3n) is 4.56. The molecule has 0 aromatic heterocycles. The van der Waals surface area contributed by atoms with Gasteiger partial charge in [0.05, 0.1) is 12.2 Å². The van der Waals surface area contributed by atoms with Gasteiger partial charge in [0.15, 0.2) is 6.29 Å². The molecule has 6 heteroatoms. The molecule has 0 radical (unpaired) electrons.